The van der Waals surface area contributed by atoms with Gasteiger partial charge in [-0.3, -0.25) is 0 Å². The molecule has 0 unspecified atom stereocenters. The van der Waals surface area contributed by atoms with E-state index in [0.29, 0.717) is 29.0 Å². The molecular weight excluding hydrogens is 380 g/mol. The van der Waals surface area contributed by atoms with E-state index < -0.39 is 5.97 Å². The lowest BCUT2D eigenvalue weighted by atomic mass is 10.1. The van der Waals surface area contributed by atoms with Crippen molar-refractivity contribution in [3.8, 4) is 11.8 Å². The zero-order valence-corrected chi connectivity index (χ0v) is 15.8. The largest absolute Gasteiger partial charge is 0.489 e. The molecule has 0 radical (unpaired) electrons. The predicted octanol–water partition coefficient (Wildman–Crippen LogP) is 5.17. The van der Waals surface area contributed by atoms with Gasteiger partial charge in [-0.2, -0.15) is 5.26 Å². The SMILES string of the molecule is N#C/C(=C/c1cccc(OCc2ccc(C(=O)O)cc2)c1)c1nc2ccccc2o1. The van der Waals surface area contributed by atoms with Gasteiger partial charge in [0, 0.05) is 0 Å². The summed E-state index contributed by atoms with van der Waals surface area (Å²) in [6.45, 7) is 0.295. The molecule has 0 saturated carbocycles. The Kier molecular flexibility index (Phi) is 5.27. The molecule has 1 aromatic heterocycles. The summed E-state index contributed by atoms with van der Waals surface area (Å²) in [6, 6.07) is 23.3. The maximum atomic E-state index is 10.9. The number of carbonyl (C=O) groups is 1. The van der Waals surface area contributed by atoms with Gasteiger partial charge in [0.05, 0.1) is 5.56 Å². The van der Waals surface area contributed by atoms with Crippen LogP contribution in [0.5, 0.6) is 5.75 Å². The predicted molar refractivity (Wildman–Crippen MR) is 112 cm³/mol. The van der Waals surface area contributed by atoms with Gasteiger partial charge in [-0.25, -0.2) is 9.78 Å². The molecule has 0 aliphatic heterocycles. The molecule has 4 rings (SSSR count). The zero-order valence-electron chi connectivity index (χ0n) is 15.8. The van der Waals surface area contributed by atoms with Crippen molar-refractivity contribution in [3.05, 3.63) is 95.4 Å². The minimum Gasteiger partial charge on any atom is -0.489 e. The van der Waals surface area contributed by atoms with Gasteiger partial charge in [0.25, 0.3) is 0 Å². The minimum atomic E-state index is -0.964. The van der Waals surface area contributed by atoms with Gasteiger partial charge in [-0.15, -0.1) is 0 Å². The number of hydrogen-bond acceptors (Lipinski definition) is 5. The van der Waals surface area contributed by atoms with Crippen molar-refractivity contribution < 1.29 is 19.1 Å². The number of nitrogens with zero attached hydrogens (tertiary/aromatic N) is 2. The second kappa shape index (κ2) is 8.33. The smallest absolute Gasteiger partial charge is 0.335 e. The molecule has 30 heavy (non-hydrogen) atoms. The van der Waals surface area contributed by atoms with Gasteiger partial charge < -0.3 is 14.3 Å². The molecule has 146 valence electrons. The van der Waals surface area contributed by atoms with Gasteiger partial charge in [0.1, 0.15) is 29.5 Å². The van der Waals surface area contributed by atoms with Crippen LogP contribution in [0.25, 0.3) is 22.7 Å². The molecule has 0 aliphatic rings. The number of benzene rings is 3. The molecule has 1 heterocycles. The Balaban J connectivity index is 1.51. The van der Waals surface area contributed by atoms with Crippen LogP contribution in [-0.2, 0) is 6.61 Å². The number of allylic oxidation sites excluding steroid dienone is 1. The molecule has 0 spiro atoms. The molecule has 6 heteroatoms. The van der Waals surface area contributed by atoms with Crippen molar-refractivity contribution >= 4 is 28.7 Å². The van der Waals surface area contributed by atoms with Crippen molar-refractivity contribution in [2.75, 3.05) is 0 Å². The fourth-order valence-electron chi connectivity index (χ4n) is 2.90. The van der Waals surface area contributed by atoms with Crippen molar-refractivity contribution in [1.82, 2.24) is 4.98 Å². The summed E-state index contributed by atoms with van der Waals surface area (Å²) in [5, 5.41) is 18.5. The first-order valence-corrected chi connectivity index (χ1v) is 9.15. The van der Waals surface area contributed by atoms with Crippen molar-refractivity contribution in [3.63, 3.8) is 0 Å². The Morgan fingerprint density at radius 2 is 1.90 bits per heavy atom. The van der Waals surface area contributed by atoms with Crippen LogP contribution in [-0.4, -0.2) is 16.1 Å². The molecule has 1 N–H and O–H groups in total. The monoisotopic (exact) mass is 396 g/mol. The molecule has 4 aromatic rings. The summed E-state index contributed by atoms with van der Waals surface area (Å²) in [7, 11) is 0. The number of ether oxygens (including phenoxy) is 1. The quantitative estimate of drug-likeness (QED) is 0.452. The molecule has 0 atom stereocenters. The number of nitriles is 1. The minimum absolute atomic E-state index is 0.231. The summed E-state index contributed by atoms with van der Waals surface area (Å²) >= 11 is 0. The lowest BCUT2D eigenvalue weighted by Gasteiger charge is -2.07. The highest BCUT2D eigenvalue weighted by Gasteiger charge is 2.10. The number of aromatic carboxylic acids is 1. The van der Waals surface area contributed by atoms with E-state index in [9.17, 15) is 10.1 Å². The standard InChI is InChI=1S/C24H16N2O4/c25-14-19(23-26-21-6-1-2-7-22(21)30-23)12-17-4-3-5-20(13-17)29-15-16-8-10-18(11-9-16)24(27)28/h1-13H,15H2,(H,27,28)/b19-12-. The van der Waals surface area contributed by atoms with Crippen LogP contribution in [0.4, 0.5) is 0 Å². The summed E-state index contributed by atoms with van der Waals surface area (Å²) in [5.41, 5.74) is 3.48. The van der Waals surface area contributed by atoms with Crippen LogP contribution in [0, 0.1) is 11.3 Å². The topological polar surface area (TPSA) is 96.3 Å². The number of hydrogen-bond donors (Lipinski definition) is 1. The van der Waals surface area contributed by atoms with Crippen LogP contribution in [0.3, 0.4) is 0 Å². The van der Waals surface area contributed by atoms with Crippen molar-refractivity contribution in [1.29, 1.82) is 5.26 Å². The van der Waals surface area contributed by atoms with Crippen LogP contribution in [0.15, 0.2) is 77.2 Å². The second-order valence-electron chi connectivity index (χ2n) is 6.52. The molecule has 6 nitrogen and oxygen atoms in total. The van der Waals surface area contributed by atoms with Crippen LogP contribution >= 0.6 is 0 Å². The third-order valence-electron chi connectivity index (χ3n) is 4.42. The van der Waals surface area contributed by atoms with Crippen LogP contribution in [0.1, 0.15) is 27.4 Å². The van der Waals surface area contributed by atoms with E-state index in [4.69, 9.17) is 14.3 Å². The highest BCUT2D eigenvalue weighted by atomic mass is 16.5. The Labute approximate surface area is 172 Å². The van der Waals surface area contributed by atoms with Gasteiger partial charge >= 0.3 is 5.97 Å². The van der Waals surface area contributed by atoms with E-state index in [1.807, 2.05) is 42.5 Å². The van der Waals surface area contributed by atoms with E-state index in [1.165, 1.54) is 0 Å². The lowest BCUT2D eigenvalue weighted by molar-refractivity contribution is 0.0697. The third kappa shape index (κ3) is 4.21. The van der Waals surface area contributed by atoms with Gasteiger partial charge in [0.2, 0.25) is 5.89 Å². The van der Waals surface area contributed by atoms with Crippen LogP contribution < -0.4 is 4.74 Å². The molecule has 0 aliphatic carbocycles. The summed E-state index contributed by atoms with van der Waals surface area (Å²) in [5.74, 6) is -0.0707. The maximum absolute atomic E-state index is 10.9. The van der Waals surface area contributed by atoms with E-state index in [2.05, 4.69) is 11.1 Å². The average molecular weight is 396 g/mol. The summed E-state index contributed by atoms with van der Waals surface area (Å²) in [6.07, 6.45) is 1.69. The van der Waals surface area contributed by atoms with Gasteiger partial charge in [0.15, 0.2) is 5.58 Å². The Hall–Kier alpha value is -4.37. The third-order valence-corrected chi connectivity index (χ3v) is 4.42. The van der Waals surface area contributed by atoms with Crippen LogP contribution in [0.2, 0.25) is 0 Å². The van der Waals surface area contributed by atoms with E-state index in [1.54, 1.807) is 36.4 Å². The average Bonchev–Trinajstić information content (AvgIpc) is 3.20. The normalized spacial score (nSPS) is 11.2. The Morgan fingerprint density at radius 3 is 2.63 bits per heavy atom. The highest BCUT2D eigenvalue weighted by Crippen LogP contribution is 2.24. The molecule has 0 bridgehead atoms. The first kappa shape index (κ1) is 19.0. The molecule has 0 amide bonds. The zero-order chi connectivity index (χ0) is 20.9. The summed E-state index contributed by atoms with van der Waals surface area (Å²) in [4.78, 5) is 15.3. The van der Waals surface area contributed by atoms with Crippen molar-refractivity contribution in [2.24, 2.45) is 0 Å². The fraction of sp³-hybridized carbons (Fsp3) is 0.0417. The highest BCUT2D eigenvalue weighted by molar-refractivity contribution is 5.89. The number of aromatic nitrogens is 1. The number of para-hydroxylation sites is 2. The number of carboxylic acid groups (broad SMARTS) is 1. The van der Waals surface area contributed by atoms with E-state index in [-0.39, 0.29) is 11.5 Å². The van der Waals surface area contributed by atoms with Gasteiger partial charge in [-0.1, -0.05) is 36.4 Å². The molecule has 0 saturated heterocycles. The number of rotatable bonds is 6. The second-order valence-corrected chi connectivity index (χ2v) is 6.52. The van der Waals surface area contributed by atoms with Gasteiger partial charge in [-0.05, 0) is 53.6 Å². The molecular formula is C24H16N2O4. The lowest BCUT2D eigenvalue weighted by Crippen LogP contribution is -1.99. The maximum Gasteiger partial charge on any atom is 0.335 e. The number of fused-ring (bicyclic) bond motifs is 1. The first-order chi connectivity index (χ1) is 14.6. The summed E-state index contributed by atoms with van der Waals surface area (Å²) < 4.78 is 11.5. The van der Waals surface area contributed by atoms with E-state index in [0.717, 1.165) is 11.1 Å². The Morgan fingerprint density at radius 1 is 1.10 bits per heavy atom. The molecule has 3 aromatic carbocycles. The number of oxazole rings is 1. The fourth-order valence-corrected chi connectivity index (χ4v) is 2.90. The Bertz CT molecular complexity index is 1250. The van der Waals surface area contributed by atoms with E-state index >= 15 is 0 Å². The number of carboxylic acids is 1. The van der Waals surface area contributed by atoms with Crippen molar-refractivity contribution in [2.45, 2.75) is 6.61 Å². The molecule has 0 fully saturated rings. The first-order valence-electron chi connectivity index (χ1n) is 9.15.